The van der Waals surface area contributed by atoms with Gasteiger partial charge in [0.05, 0.1) is 32.2 Å². The Balaban J connectivity index is 0.000000212. The van der Waals surface area contributed by atoms with E-state index in [9.17, 15) is 34.8 Å². The average Bonchev–Trinajstić information content (AvgIpc) is 4.09. The summed E-state index contributed by atoms with van der Waals surface area (Å²) < 4.78 is 89.8. The number of rotatable bonds is 18. The van der Waals surface area contributed by atoms with E-state index in [1.807, 2.05) is 18.4 Å². The van der Waals surface area contributed by atoms with Crippen molar-refractivity contribution in [2.24, 2.45) is 5.14 Å². The molecule has 2 aliphatic rings. The molecule has 17 nitrogen and oxygen atoms in total. The third kappa shape index (κ3) is 14.4. The largest absolute Gasteiger partial charge is 0.497 e. The number of nitrogens with two attached hydrogens (primary N) is 1. The van der Waals surface area contributed by atoms with Crippen LogP contribution in [0.4, 0.5) is 11.4 Å². The van der Waals surface area contributed by atoms with Crippen LogP contribution in [0.5, 0.6) is 11.5 Å². The molecule has 6 aromatic rings. The van der Waals surface area contributed by atoms with Crippen LogP contribution in [0.25, 0.3) is 0 Å². The highest BCUT2D eigenvalue weighted by Gasteiger charge is 2.32. The number of hydrogen-bond acceptors (Lipinski definition) is 15. The third-order valence-corrected chi connectivity index (χ3v) is 20.4. The average molecular weight is 1100 g/mol. The van der Waals surface area contributed by atoms with E-state index in [4.69, 9.17) is 14.6 Å². The third-order valence-electron chi connectivity index (χ3n) is 11.9. The minimum absolute atomic E-state index is 0.00658. The van der Waals surface area contributed by atoms with Gasteiger partial charge in [0.15, 0.2) is 0 Å². The number of benzene rings is 4. The Kier molecular flexibility index (Phi) is 18.5. The smallest absolute Gasteiger partial charge is 0.252 e. The summed E-state index contributed by atoms with van der Waals surface area (Å²) in [6.07, 6.45) is 4.67. The maximum absolute atomic E-state index is 13.2. The predicted molar refractivity (Wildman–Crippen MR) is 284 cm³/mol. The number of carbonyl (C=O) groups is 2. The first kappa shape index (κ1) is 54.3. The first-order chi connectivity index (χ1) is 34.4. The molecule has 0 spiro atoms. The molecule has 0 unspecified atom stereocenters. The van der Waals surface area contributed by atoms with Gasteiger partial charge in [0.2, 0.25) is 10.0 Å². The molecule has 72 heavy (non-hydrogen) atoms. The van der Waals surface area contributed by atoms with Crippen LogP contribution in [0, 0.1) is 0 Å². The summed E-state index contributed by atoms with van der Waals surface area (Å²) in [6, 6.07) is 35.1. The van der Waals surface area contributed by atoms with Gasteiger partial charge in [-0.3, -0.25) is 9.59 Å². The number of piperidine rings is 2. The number of methoxy groups -OCH3 is 2. The molecule has 0 aliphatic carbocycles. The highest BCUT2D eigenvalue weighted by molar-refractivity contribution is 7.98. The van der Waals surface area contributed by atoms with Crippen molar-refractivity contribution >= 4 is 87.7 Å². The quantitative estimate of drug-likeness (QED) is 0.0533. The van der Waals surface area contributed by atoms with Gasteiger partial charge in [0.25, 0.3) is 31.9 Å². The number of primary sulfonamides is 1. The molecule has 0 saturated carbocycles. The fourth-order valence-corrected chi connectivity index (χ4v) is 14.8. The molecule has 2 fully saturated rings. The van der Waals surface area contributed by atoms with E-state index in [0.717, 1.165) is 39.6 Å². The highest BCUT2D eigenvalue weighted by Crippen LogP contribution is 2.31. The summed E-state index contributed by atoms with van der Waals surface area (Å²) in [7, 11) is -7.95. The van der Waals surface area contributed by atoms with Gasteiger partial charge in [-0.25, -0.2) is 30.4 Å². The topological polar surface area (TPSA) is 236 Å². The Morgan fingerprint density at radius 3 is 1.46 bits per heavy atom. The fraction of sp³-hybridized carbons (Fsp3) is 0.306. The number of nitrogens with zero attached hydrogens (tertiary/aromatic N) is 2. The van der Waals surface area contributed by atoms with E-state index in [2.05, 4.69) is 33.4 Å². The lowest BCUT2D eigenvalue weighted by Gasteiger charge is -2.31. The number of thiophene rings is 2. The van der Waals surface area contributed by atoms with E-state index in [1.165, 1.54) is 39.8 Å². The summed E-state index contributed by atoms with van der Waals surface area (Å²) >= 11 is 4.03. The van der Waals surface area contributed by atoms with Crippen molar-refractivity contribution in [3.63, 3.8) is 0 Å². The van der Waals surface area contributed by atoms with Gasteiger partial charge in [0.1, 0.15) is 19.9 Å². The van der Waals surface area contributed by atoms with Crippen LogP contribution in [0.15, 0.2) is 140 Å². The molecule has 8 rings (SSSR count). The molecule has 23 heteroatoms. The zero-order valence-electron chi connectivity index (χ0n) is 39.8. The van der Waals surface area contributed by atoms with Gasteiger partial charge < -0.3 is 30.7 Å². The van der Waals surface area contributed by atoms with Gasteiger partial charge in [-0.15, -0.1) is 34.4 Å². The van der Waals surface area contributed by atoms with Crippen molar-refractivity contribution in [1.82, 2.24) is 19.2 Å². The number of hydrogen-bond donors (Lipinski definition) is 5. The lowest BCUT2D eigenvalue weighted by atomic mass is 10.1. The second kappa shape index (κ2) is 24.5. The first-order valence-corrected chi connectivity index (χ1v) is 30.1. The minimum atomic E-state index is -3.80. The maximum Gasteiger partial charge on any atom is 0.252 e. The van der Waals surface area contributed by atoms with E-state index in [-0.39, 0.29) is 46.1 Å². The summed E-state index contributed by atoms with van der Waals surface area (Å²) in [5.41, 5.74) is 2.63. The van der Waals surface area contributed by atoms with Crippen LogP contribution in [0.3, 0.4) is 0 Å². The van der Waals surface area contributed by atoms with E-state index in [1.54, 1.807) is 108 Å². The van der Waals surface area contributed by atoms with Gasteiger partial charge in [-0.1, -0.05) is 24.3 Å². The lowest BCUT2D eigenvalue weighted by Crippen LogP contribution is -2.42. The molecule has 2 saturated heterocycles. The predicted octanol–water partition coefficient (Wildman–Crippen LogP) is 7.27. The fourth-order valence-electron chi connectivity index (χ4n) is 7.93. The standard InChI is InChI=1S/C25H29N3O4S3.C24H28N4O6S3/c1-32-21-7-3-5-18(15-21)25(29)26-17-23-9-10-24(34-23)35(30,31)28-13-11-19(12-14-28)27-20-6-4-8-22(16-20)33-2;1-34-20-6-2-4-17(14-20)24(29)26-16-21-8-9-23(35-21)37(32,33)28-12-10-18(11-13-28)27-19-5-3-7-22(15-19)36(25,30)31/h3-10,15-16,19,27H,11-14,17H2,1-2H3,(H,26,29);2-9,14-15,18,27H,10-13,16H2,1H3,(H,26,29)(H2,25,30,31). The van der Waals surface area contributed by atoms with Crippen LogP contribution in [0.1, 0.15) is 56.2 Å². The van der Waals surface area contributed by atoms with Crippen molar-refractivity contribution in [2.75, 3.05) is 57.3 Å². The van der Waals surface area contributed by atoms with Crippen LogP contribution in [0.2, 0.25) is 0 Å². The zero-order chi connectivity index (χ0) is 51.5. The summed E-state index contributed by atoms with van der Waals surface area (Å²) in [4.78, 5) is 27.6. The summed E-state index contributed by atoms with van der Waals surface area (Å²) in [6.45, 7) is 2.07. The molecule has 384 valence electrons. The van der Waals surface area contributed by atoms with Crippen molar-refractivity contribution in [3.05, 3.63) is 142 Å². The van der Waals surface area contributed by atoms with E-state index >= 15 is 0 Å². The SMILES string of the molecule is COc1cccc(C(=O)NCc2ccc(S(=O)(=O)N3CCC(Nc4cccc(S(N)(=O)=O)c4)CC3)s2)c1.COc1cccc(C(=O)NCc2ccc(S(=O)(=O)N3CCC(Nc4cccc(SC)c4)CC3)s2)c1. The van der Waals surface area contributed by atoms with Gasteiger partial charge in [-0.2, -0.15) is 8.61 Å². The van der Waals surface area contributed by atoms with Gasteiger partial charge >= 0.3 is 0 Å². The molecule has 2 amide bonds. The molecule has 0 atom stereocenters. The highest BCUT2D eigenvalue weighted by atomic mass is 32.3. The second-order valence-corrected chi connectivity index (χ2v) is 25.8. The Morgan fingerprint density at radius 1 is 0.597 bits per heavy atom. The minimum Gasteiger partial charge on any atom is -0.497 e. The number of ether oxygens (including phenoxy) is 2. The van der Waals surface area contributed by atoms with Gasteiger partial charge in [0, 0.05) is 75.4 Å². The molecule has 4 heterocycles. The van der Waals surface area contributed by atoms with Crippen molar-refractivity contribution in [2.45, 2.75) is 69.1 Å². The molecule has 2 aliphatic heterocycles. The summed E-state index contributed by atoms with van der Waals surface area (Å²) in [5, 5.41) is 17.7. The molecule has 4 aromatic carbocycles. The van der Waals surface area contributed by atoms with Crippen LogP contribution >= 0.6 is 34.4 Å². The Bertz CT molecular complexity index is 3170. The molecule has 2 aromatic heterocycles. The number of thioether (sulfide) groups is 1. The Morgan fingerprint density at radius 2 is 1.03 bits per heavy atom. The van der Waals surface area contributed by atoms with Crippen molar-refractivity contribution in [1.29, 1.82) is 0 Å². The normalized spacial score (nSPS) is 15.2. The van der Waals surface area contributed by atoms with E-state index < -0.39 is 30.1 Å². The lowest BCUT2D eigenvalue weighted by molar-refractivity contribution is 0.0943. The van der Waals surface area contributed by atoms with Crippen molar-refractivity contribution in [3.8, 4) is 11.5 Å². The molecule has 0 bridgehead atoms. The summed E-state index contributed by atoms with van der Waals surface area (Å²) in [5.74, 6) is 0.669. The Labute approximate surface area is 433 Å². The van der Waals surface area contributed by atoms with Crippen molar-refractivity contribution < 1.29 is 44.3 Å². The van der Waals surface area contributed by atoms with Crippen LogP contribution < -0.4 is 35.9 Å². The number of nitrogens with one attached hydrogen (secondary N) is 4. The monoisotopic (exact) mass is 1100 g/mol. The number of sulfonamides is 3. The first-order valence-electron chi connectivity index (χ1n) is 22.8. The molecule has 0 radical (unpaired) electrons. The molecular formula is C49H57N7O10S6. The van der Waals surface area contributed by atoms with Gasteiger partial charge in [-0.05, 0) is 129 Å². The maximum atomic E-state index is 13.2. The second-order valence-electron chi connectivity index (χ2n) is 16.7. The van der Waals surface area contributed by atoms with Crippen LogP contribution in [-0.4, -0.2) is 104 Å². The number of carbonyl (C=O) groups excluding carboxylic acids is 2. The Hall–Kier alpha value is -5.50. The molecular weight excluding hydrogens is 1040 g/mol. The molecule has 6 N–H and O–H groups in total. The van der Waals surface area contributed by atoms with Crippen LogP contribution in [-0.2, 0) is 43.2 Å². The number of amides is 2. The zero-order valence-corrected chi connectivity index (χ0v) is 44.7. The van der Waals surface area contributed by atoms with E-state index in [0.29, 0.717) is 71.5 Å². The number of anilines is 2.